The largest absolute Gasteiger partial charge is 0.482 e. The van der Waals surface area contributed by atoms with Crippen molar-refractivity contribution >= 4 is 39.1 Å². The normalized spacial score (nSPS) is 9.91. The minimum atomic E-state index is -0.286. The highest BCUT2D eigenvalue weighted by molar-refractivity contribution is 9.10. The van der Waals surface area contributed by atoms with Crippen LogP contribution in [0.15, 0.2) is 40.9 Å². The maximum absolute atomic E-state index is 11.9. The Morgan fingerprint density at radius 2 is 2.14 bits per heavy atom. The molecule has 6 heteroatoms. The van der Waals surface area contributed by atoms with E-state index < -0.39 is 0 Å². The number of nitriles is 1. The van der Waals surface area contributed by atoms with Gasteiger partial charge in [0.1, 0.15) is 5.75 Å². The van der Waals surface area contributed by atoms with Crippen LogP contribution in [-0.4, -0.2) is 12.5 Å². The lowest BCUT2D eigenvalue weighted by atomic mass is 10.2. The number of rotatable bonds is 4. The molecule has 1 N–H and O–H groups in total. The van der Waals surface area contributed by atoms with Crippen LogP contribution in [0.4, 0.5) is 5.69 Å². The monoisotopic (exact) mass is 378 g/mol. The molecule has 4 nitrogen and oxygen atoms in total. The number of aryl methyl sites for hydroxylation is 1. The summed E-state index contributed by atoms with van der Waals surface area (Å²) < 4.78 is 6.32. The topological polar surface area (TPSA) is 62.1 Å². The van der Waals surface area contributed by atoms with E-state index in [0.29, 0.717) is 16.3 Å². The molecule has 112 valence electrons. The molecule has 0 aromatic heterocycles. The summed E-state index contributed by atoms with van der Waals surface area (Å²) in [5.74, 6) is 0.0780. The molecular formula is C16H12BrClN2O2. The first-order valence-corrected chi connectivity index (χ1v) is 7.55. The number of ether oxygens (including phenoxy) is 1. The molecule has 0 fully saturated rings. The fraction of sp³-hybridized carbons (Fsp3) is 0.125. The van der Waals surface area contributed by atoms with Crippen molar-refractivity contribution < 1.29 is 9.53 Å². The quantitative estimate of drug-likeness (QED) is 0.861. The van der Waals surface area contributed by atoms with Crippen molar-refractivity contribution in [1.82, 2.24) is 0 Å². The molecule has 0 radical (unpaired) electrons. The van der Waals surface area contributed by atoms with Crippen molar-refractivity contribution in [3.05, 3.63) is 57.0 Å². The number of carbonyl (C=O) groups is 1. The van der Waals surface area contributed by atoms with E-state index in [1.165, 1.54) is 6.07 Å². The number of carbonyl (C=O) groups excluding carboxylic acids is 1. The molecule has 2 rings (SSSR count). The lowest BCUT2D eigenvalue weighted by molar-refractivity contribution is -0.118. The third-order valence-electron chi connectivity index (χ3n) is 2.88. The number of anilines is 1. The fourth-order valence-corrected chi connectivity index (χ4v) is 2.50. The third kappa shape index (κ3) is 4.23. The van der Waals surface area contributed by atoms with Crippen LogP contribution in [0, 0.1) is 18.3 Å². The van der Waals surface area contributed by atoms with Crippen LogP contribution in [0.2, 0.25) is 5.02 Å². The Balaban J connectivity index is 1.97. The van der Waals surface area contributed by atoms with Gasteiger partial charge >= 0.3 is 0 Å². The zero-order valence-corrected chi connectivity index (χ0v) is 14.0. The second-order valence-corrected chi connectivity index (χ2v) is 5.88. The number of halogens is 2. The third-order valence-corrected chi connectivity index (χ3v) is 3.67. The smallest absolute Gasteiger partial charge is 0.262 e. The first-order chi connectivity index (χ1) is 10.5. The number of nitrogens with one attached hydrogen (secondary N) is 1. The summed E-state index contributed by atoms with van der Waals surface area (Å²) in [5.41, 5.74) is 2.11. The molecular weight excluding hydrogens is 368 g/mol. The molecule has 0 atom stereocenters. The van der Waals surface area contributed by atoms with Crippen molar-refractivity contribution in [2.45, 2.75) is 6.92 Å². The van der Waals surface area contributed by atoms with E-state index in [-0.39, 0.29) is 12.5 Å². The SMILES string of the molecule is Cc1cc(Br)ccc1NC(=O)COc1ccc(C#N)cc1Cl. The van der Waals surface area contributed by atoms with Crippen molar-refractivity contribution in [3.63, 3.8) is 0 Å². The highest BCUT2D eigenvalue weighted by Crippen LogP contribution is 2.25. The van der Waals surface area contributed by atoms with E-state index in [2.05, 4.69) is 21.2 Å². The van der Waals surface area contributed by atoms with Crippen molar-refractivity contribution in [2.24, 2.45) is 0 Å². The van der Waals surface area contributed by atoms with Gasteiger partial charge in [0.25, 0.3) is 5.91 Å². The van der Waals surface area contributed by atoms with E-state index in [1.54, 1.807) is 12.1 Å². The molecule has 0 aliphatic heterocycles. The van der Waals surface area contributed by atoms with Gasteiger partial charge in [-0.05, 0) is 48.9 Å². The lowest BCUT2D eigenvalue weighted by Crippen LogP contribution is -2.20. The van der Waals surface area contributed by atoms with Crippen LogP contribution in [0.3, 0.4) is 0 Å². The maximum atomic E-state index is 11.9. The summed E-state index contributed by atoms with van der Waals surface area (Å²) in [6.07, 6.45) is 0. The van der Waals surface area contributed by atoms with Gasteiger partial charge in [-0.15, -0.1) is 0 Å². The minimum absolute atomic E-state index is 0.166. The molecule has 0 aliphatic carbocycles. The van der Waals surface area contributed by atoms with Gasteiger partial charge in [0, 0.05) is 10.2 Å². The number of nitrogens with zero attached hydrogens (tertiary/aromatic N) is 1. The lowest BCUT2D eigenvalue weighted by Gasteiger charge is -2.10. The molecule has 0 heterocycles. The average molecular weight is 380 g/mol. The van der Waals surface area contributed by atoms with Gasteiger partial charge < -0.3 is 10.1 Å². The van der Waals surface area contributed by atoms with Gasteiger partial charge in [0.15, 0.2) is 6.61 Å². The Morgan fingerprint density at radius 1 is 1.36 bits per heavy atom. The van der Waals surface area contributed by atoms with Gasteiger partial charge in [-0.1, -0.05) is 27.5 Å². The summed E-state index contributed by atoms with van der Waals surface area (Å²) >= 11 is 9.35. The standard InChI is InChI=1S/C16H12BrClN2O2/c1-10-6-12(17)3-4-14(10)20-16(21)9-22-15-5-2-11(8-19)7-13(15)18/h2-7H,9H2,1H3,(H,20,21). The van der Waals surface area contributed by atoms with E-state index in [9.17, 15) is 4.79 Å². The molecule has 1 amide bonds. The van der Waals surface area contributed by atoms with Gasteiger partial charge in [0.2, 0.25) is 0 Å². The molecule has 0 bridgehead atoms. The zero-order valence-electron chi connectivity index (χ0n) is 11.7. The Labute approximate surface area is 141 Å². The first kappa shape index (κ1) is 16.3. The molecule has 0 saturated heterocycles. The van der Waals surface area contributed by atoms with Crippen LogP contribution in [0.1, 0.15) is 11.1 Å². The Morgan fingerprint density at radius 3 is 2.77 bits per heavy atom. The van der Waals surface area contributed by atoms with E-state index in [0.717, 1.165) is 15.7 Å². The van der Waals surface area contributed by atoms with Gasteiger partial charge in [-0.3, -0.25) is 4.79 Å². The minimum Gasteiger partial charge on any atom is -0.482 e. The molecule has 22 heavy (non-hydrogen) atoms. The van der Waals surface area contributed by atoms with Gasteiger partial charge in [-0.25, -0.2) is 0 Å². The summed E-state index contributed by atoms with van der Waals surface area (Å²) in [4.78, 5) is 11.9. The highest BCUT2D eigenvalue weighted by Gasteiger charge is 2.08. The van der Waals surface area contributed by atoms with E-state index >= 15 is 0 Å². The molecule has 0 aliphatic rings. The van der Waals surface area contributed by atoms with Crippen molar-refractivity contribution in [3.8, 4) is 11.8 Å². The van der Waals surface area contributed by atoms with Crippen LogP contribution < -0.4 is 10.1 Å². The molecule has 0 spiro atoms. The number of hydrogen-bond acceptors (Lipinski definition) is 3. The Kier molecular flexibility index (Phi) is 5.42. The maximum Gasteiger partial charge on any atom is 0.262 e. The highest BCUT2D eigenvalue weighted by atomic mass is 79.9. The summed E-state index contributed by atoms with van der Waals surface area (Å²) in [7, 11) is 0. The van der Waals surface area contributed by atoms with Gasteiger partial charge in [0.05, 0.1) is 16.7 Å². The van der Waals surface area contributed by atoms with E-state index in [4.69, 9.17) is 21.6 Å². The predicted octanol–water partition coefficient (Wildman–Crippen LogP) is 4.30. The Hall–Kier alpha value is -2.03. The molecule has 0 saturated carbocycles. The second-order valence-electron chi connectivity index (χ2n) is 4.55. The summed E-state index contributed by atoms with van der Waals surface area (Å²) in [6, 6.07) is 12.2. The summed E-state index contributed by atoms with van der Waals surface area (Å²) in [6.45, 7) is 1.74. The number of amides is 1. The van der Waals surface area contributed by atoms with E-state index in [1.807, 2.05) is 31.2 Å². The number of hydrogen-bond donors (Lipinski definition) is 1. The zero-order chi connectivity index (χ0) is 16.1. The number of benzene rings is 2. The predicted molar refractivity (Wildman–Crippen MR) is 89.2 cm³/mol. The fourth-order valence-electron chi connectivity index (χ4n) is 1.78. The molecule has 2 aromatic carbocycles. The summed E-state index contributed by atoms with van der Waals surface area (Å²) in [5, 5.41) is 11.8. The van der Waals surface area contributed by atoms with Gasteiger partial charge in [-0.2, -0.15) is 5.26 Å². The first-order valence-electron chi connectivity index (χ1n) is 6.38. The molecule has 2 aromatic rings. The van der Waals surface area contributed by atoms with Crippen LogP contribution in [0.25, 0.3) is 0 Å². The molecule has 0 unspecified atom stereocenters. The van der Waals surface area contributed by atoms with Crippen LogP contribution >= 0.6 is 27.5 Å². The van der Waals surface area contributed by atoms with Crippen molar-refractivity contribution in [2.75, 3.05) is 11.9 Å². The average Bonchev–Trinajstić information content (AvgIpc) is 2.48. The second kappa shape index (κ2) is 7.30. The van der Waals surface area contributed by atoms with Crippen molar-refractivity contribution in [1.29, 1.82) is 5.26 Å². The Bertz CT molecular complexity index is 756. The van der Waals surface area contributed by atoms with Crippen LogP contribution in [-0.2, 0) is 4.79 Å². The van der Waals surface area contributed by atoms with Crippen LogP contribution in [0.5, 0.6) is 5.75 Å².